The highest BCUT2D eigenvalue weighted by Gasteiger charge is 2.51. The summed E-state index contributed by atoms with van der Waals surface area (Å²) in [5.41, 5.74) is -0.762. The average Bonchev–Trinajstić information content (AvgIpc) is 2.66. The third-order valence-corrected chi connectivity index (χ3v) is 8.15. The molecule has 0 N–H and O–H groups in total. The van der Waals surface area contributed by atoms with E-state index in [4.69, 9.17) is 14.2 Å². The Hall–Kier alpha value is -1.10. The standard InChI is InChI=1S/C26H44O5/c1-8-25(4,5)24(28)30-21-15-26(6,7)31-20-12-9-17(3)19(23(20)21)11-10-18-13-16(2)14-22(27)29-18/h16-21,23H,8-15H2,1-7H3/t16-,17+,18-,19+,20-,21+,23-/m1/s1. The van der Waals surface area contributed by atoms with Crippen molar-refractivity contribution in [2.75, 3.05) is 0 Å². The van der Waals surface area contributed by atoms with Gasteiger partial charge in [-0.25, -0.2) is 0 Å². The molecule has 5 nitrogen and oxygen atoms in total. The molecule has 0 spiro atoms. The maximum Gasteiger partial charge on any atom is 0.311 e. The smallest absolute Gasteiger partial charge is 0.311 e. The highest BCUT2D eigenvalue weighted by molar-refractivity contribution is 5.76. The first-order valence-corrected chi connectivity index (χ1v) is 12.5. The first-order valence-electron chi connectivity index (χ1n) is 12.5. The Morgan fingerprint density at radius 1 is 1.19 bits per heavy atom. The van der Waals surface area contributed by atoms with E-state index in [1.165, 1.54) is 0 Å². The number of rotatable bonds is 6. The Morgan fingerprint density at radius 3 is 2.55 bits per heavy atom. The van der Waals surface area contributed by atoms with Gasteiger partial charge in [0.15, 0.2) is 0 Å². The fraction of sp³-hybridized carbons (Fsp3) is 0.923. The van der Waals surface area contributed by atoms with Crippen LogP contribution in [0.4, 0.5) is 0 Å². The lowest BCUT2D eigenvalue weighted by Gasteiger charge is -2.52. The Morgan fingerprint density at radius 2 is 1.90 bits per heavy atom. The molecule has 3 rings (SSSR count). The molecule has 2 aliphatic heterocycles. The van der Waals surface area contributed by atoms with Crippen molar-refractivity contribution >= 4 is 11.9 Å². The van der Waals surface area contributed by atoms with E-state index >= 15 is 0 Å². The van der Waals surface area contributed by atoms with Gasteiger partial charge in [0.2, 0.25) is 0 Å². The molecule has 2 saturated heterocycles. The molecular weight excluding hydrogens is 392 g/mol. The van der Waals surface area contributed by atoms with Crippen molar-refractivity contribution in [3.8, 4) is 0 Å². The van der Waals surface area contributed by atoms with Crippen molar-refractivity contribution in [3.05, 3.63) is 0 Å². The number of ether oxygens (including phenoxy) is 3. The van der Waals surface area contributed by atoms with Crippen molar-refractivity contribution in [1.29, 1.82) is 0 Å². The molecule has 3 fully saturated rings. The number of hydrogen-bond donors (Lipinski definition) is 0. The maximum absolute atomic E-state index is 13.0. The van der Waals surface area contributed by atoms with E-state index in [9.17, 15) is 9.59 Å². The number of hydrogen-bond acceptors (Lipinski definition) is 5. The van der Waals surface area contributed by atoms with Crippen LogP contribution in [0.3, 0.4) is 0 Å². The zero-order valence-electron chi connectivity index (χ0n) is 20.7. The number of carbonyl (C=O) groups is 2. The minimum Gasteiger partial charge on any atom is -0.462 e. The molecule has 0 bridgehead atoms. The molecule has 0 amide bonds. The summed E-state index contributed by atoms with van der Waals surface area (Å²) >= 11 is 0. The fourth-order valence-corrected chi connectivity index (χ4v) is 5.91. The predicted octanol–water partition coefficient (Wildman–Crippen LogP) is 5.69. The van der Waals surface area contributed by atoms with Crippen LogP contribution >= 0.6 is 0 Å². The largest absolute Gasteiger partial charge is 0.462 e. The molecule has 3 aliphatic rings. The summed E-state index contributed by atoms with van der Waals surface area (Å²) in [6.45, 7) is 14.7. The third kappa shape index (κ3) is 5.83. The van der Waals surface area contributed by atoms with E-state index < -0.39 is 5.41 Å². The number of fused-ring (bicyclic) bond motifs is 1. The number of esters is 2. The molecule has 31 heavy (non-hydrogen) atoms. The Bertz CT molecular complexity index is 654. The van der Waals surface area contributed by atoms with Gasteiger partial charge in [0.25, 0.3) is 0 Å². The highest BCUT2D eigenvalue weighted by Crippen LogP contribution is 2.48. The summed E-state index contributed by atoms with van der Waals surface area (Å²) in [7, 11) is 0. The summed E-state index contributed by atoms with van der Waals surface area (Å²) in [6.07, 6.45) is 7.04. The lowest BCUT2D eigenvalue weighted by molar-refractivity contribution is -0.224. The summed E-state index contributed by atoms with van der Waals surface area (Å²) in [5, 5.41) is 0. The van der Waals surface area contributed by atoms with Crippen LogP contribution < -0.4 is 0 Å². The molecule has 0 radical (unpaired) electrons. The summed E-state index contributed by atoms with van der Waals surface area (Å²) in [4.78, 5) is 24.9. The van der Waals surface area contributed by atoms with Crippen molar-refractivity contribution in [3.63, 3.8) is 0 Å². The maximum atomic E-state index is 13.0. The van der Waals surface area contributed by atoms with Gasteiger partial charge in [0, 0.05) is 18.8 Å². The van der Waals surface area contributed by atoms with Crippen LogP contribution in [0.2, 0.25) is 0 Å². The van der Waals surface area contributed by atoms with Crippen molar-refractivity contribution < 1.29 is 23.8 Å². The Kier molecular flexibility index (Phi) is 7.45. The van der Waals surface area contributed by atoms with Gasteiger partial charge < -0.3 is 14.2 Å². The molecule has 178 valence electrons. The summed E-state index contributed by atoms with van der Waals surface area (Å²) < 4.78 is 18.4. The molecule has 0 aromatic rings. The SMILES string of the molecule is CCC(C)(C)C(=O)O[C@H]1CC(C)(C)O[C@@H]2CC[C@H](C)[C@H](CC[C@@H]3C[C@@H](C)CC(=O)O3)[C@@H]12. The van der Waals surface area contributed by atoms with Crippen molar-refractivity contribution in [1.82, 2.24) is 0 Å². The normalized spacial score (nSPS) is 38.2. The van der Waals surface area contributed by atoms with Crippen LogP contribution in [0.15, 0.2) is 0 Å². The molecule has 1 saturated carbocycles. The Labute approximate surface area is 189 Å². The summed E-state index contributed by atoms with van der Waals surface area (Å²) in [6, 6.07) is 0. The quantitative estimate of drug-likeness (QED) is 0.501. The molecule has 5 heteroatoms. The fourth-order valence-electron chi connectivity index (χ4n) is 5.91. The van der Waals surface area contributed by atoms with Crippen LogP contribution in [0.5, 0.6) is 0 Å². The average molecular weight is 437 g/mol. The number of carbonyl (C=O) groups excluding carboxylic acids is 2. The molecule has 2 heterocycles. The van der Waals surface area contributed by atoms with E-state index in [1.807, 2.05) is 20.8 Å². The zero-order chi connectivity index (χ0) is 23.0. The van der Waals surface area contributed by atoms with Gasteiger partial charge in [-0.1, -0.05) is 20.8 Å². The first kappa shape index (κ1) is 24.5. The third-order valence-electron chi connectivity index (χ3n) is 8.15. The minimum atomic E-state index is -0.472. The van der Waals surface area contributed by atoms with E-state index in [-0.39, 0.29) is 41.8 Å². The van der Waals surface area contributed by atoms with Crippen molar-refractivity contribution in [2.45, 2.75) is 124 Å². The summed E-state index contributed by atoms with van der Waals surface area (Å²) in [5.74, 6) is 1.41. The second kappa shape index (κ2) is 9.41. The van der Waals surface area contributed by atoms with E-state index in [0.29, 0.717) is 24.2 Å². The second-order valence-electron chi connectivity index (χ2n) is 11.8. The highest BCUT2D eigenvalue weighted by atomic mass is 16.6. The molecule has 0 aromatic carbocycles. The van der Waals surface area contributed by atoms with Gasteiger partial charge in [-0.05, 0) is 84.0 Å². The number of cyclic esters (lactones) is 1. The van der Waals surface area contributed by atoms with Gasteiger partial charge >= 0.3 is 11.9 Å². The van der Waals surface area contributed by atoms with Gasteiger partial charge in [0.05, 0.1) is 17.1 Å². The second-order valence-corrected chi connectivity index (χ2v) is 11.8. The van der Waals surface area contributed by atoms with Crippen molar-refractivity contribution in [2.24, 2.45) is 29.1 Å². The van der Waals surface area contributed by atoms with Gasteiger partial charge in [-0.3, -0.25) is 9.59 Å². The minimum absolute atomic E-state index is 0.0183. The molecule has 7 atom stereocenters. The first-order chi connectivity index (χ1) is 14.4. The topological polar surface area (TPSA) is 61.8 Å². The lowest BCUT2D eigenvalue weighted by Crippen LogP contribution is -2.56. The van der Waals surface area contributed by atoms with E-state index in [0.717, 1.165) is 44.9 Å². The zero-order valence-corrected chi connectivity index (χ0v) is 20.7. The lowest BCUT2D eigenvalue weighted by atomic mass is 9.64. The van der Waals surface area contributed by atoms with E-state index in [2.05, 4.69) is 27.7 Å². The van der Waals surface area contributed by atoms with Gasteiger partial charge in [0.1, 0.15) is 12.2 Å². The Balaban J connectivity index is 1.76. The molecular formula is C26H44O5. The van der Waals surface area contributed by atoms with Gasteiger partial charge in [-0.2, -0.15) is 0 Å². The van der Waals surface area contributed by atoms with Crippen LogP contribution in [0.1, 0.15) is 99.8 Å². The van der Waals surface area contributed by atoms with Gasteiger partial charge in [-0.15, -0.1) is 0 Å². The van der Waals surface area contributed by atoms with Crippen LogP contribution in [-0.2, 0) is 23.8 Å². The van der Waals surface area contributed by atoms with Crippen LogP contribution in [0.25, 0.3) is 0 Å². The predicted molar refractivity (Wildman–Crippen MR) is 120 cm³/mol. The molecule has 0 aromatic heterocycles. The molecule has 0 unspecified atom stereocenters. The van der Waals surface area contributed by atoms with Crippen LogP contribution in [0, 0.1) is 29.1 Å². The monoisotopic (exact) mass is 436 g/mol. The molecule has 1 aliphatic carbocycles. The van der Waals surface area contributed by atoms with E-state index in [1.54, 1.807) is 0 Å². The van der Waals surface area contributed by atoms with Crippen LogP contribution in [-0.4, -0.2) is 35.9 Å².